The topological polar surface area (TPSA) is 94.8 Å². The number of primary amides is 1. The van der Waals surface area contributed by atoms with Crippen molar-refractivity contribution >= 4 is 12.0 Å². The fraction of sp³-hybridized carbons (Fsp3) is 0.296. The van der Waals surface area contributed by atoms with Gasteiger partial charge < -0.3 is 20.1 Å². The van der Waals surface area contributed by atoms with Crippen molar-refractivity contribution in [3.05, 3.63) is 84.1 Å². The van der Waals surface area contributed by atoms with E-state index in [1.807, 2.05) is 73.7 Å². The second-order valence-electron chi connectivity index (χ2n) is 8.53. The number of pyridine rings is 1. The van der Waals surface area contributed by atoms with E-state index in [0.717, 1.165) is 22.3 Å². The van der Waals surface area contributed by atoms with Crippen LogP contribution in [0.25, 0.3) is 11.1 Å². The van der Waals surface area contributed by atoms with E-state index in [0.29, 0.717) is 25.3 Å². The number of carbonyl (C=O) groups excluding carboxylic acids is 2. The molecule has 176 valence electrons. The van der Waals surface area contributed by atoms with E-state index >= 15 is 0 Å². The molecule has 2 aromatic carbocycles. The SMILES string of the molecule is COc1ccc(-c2ccc([C@H](C)N3CC[C@](CCC(N)=O)(c4ccccc4)OC3=O)cc2)cn1. The first-order valence-corrected chi connectivity index (χ1v) is 11.4. The molecule has 1 aliphatic rings. The molecule has 0 aliphatic carbocycles. The molecule has 2 amide bonds. The molecule has 1 aliphatic heterocycles. The molecular weight excluding hydrogens is 430 g/mol. The van der Waals surface area contributed by atoms with Crippen molar-refractivity contribution in [1.29, 1.82) is 0 Å². The molecule has 7 heteroatoms. The van der Waals surface area contributed by atoms with Crippen molar-refractivity contribution in [3.63, 3.8) is 0 Å². The minimum absolute atomic E-state index is 0.152. The minimum atomic E-state index is -0.852. The Morgan fingerprint density at radius 1 is 1.12 bits per heavy atom. The van der Waals surface area contributed by atoms with E-state index in [2.05, 4.69) is 4.98 Å². The normalized spacial score (nSPS) is 18.8. The first kappa shape index (κ1) is 23.3. The van der Waals surface area contributed by atoms with Crippen LogP contribution >= 0.6 is 0 Å². The summed E-state index contributed by atoms with van der Waals surface area (Å²) < 4.78 is 11.2. The highest BCUT2D eigenvalue weighted by molar-refractivity contribution is 5.74. The van der Waals surface area contributed by atoms with Crippen LogP contribution in [0.1, 0.15) is 43.4 Å². The Labute approximate surface area is 199 Å². The Balaban J connectivity index is 1.49. The molecule has 0 spiro atoms. The van der Waals surface area contributed by atoms with Gasteiger partial charge in [-0.1, -0.05) is 54.6 Å². The van der Waals surface area contributed by atoms with Gasteiger partial charge in [0.15, 0.2) is 0 Å². The molecule has 1 saturated heterocycles. The Morgan fingerprint density at radius 3 is 2.41 bits per heavy atom. The number of ether oxygens (including phenoxy) is 2. The standard InChI is InChI=1S/C27H29N3O4/c1-19(20-8-10-21(11-9-20)22-12-13-25(33-2)29-18-22)30-17-16-27(34-26(30)32,15-14-24(28)31)23-6-4-3-5-7-23/h3-13,18-19H,14-17H2,1-2H3,(H2,28,31)/t19-,27+/m0/s1. The van der Waals surface area contributed by atoms with Gasteiger partial charge >= 0.3 is 6.09 Å². The fourth-order valence-corrected chi connectivity index (χ4v) is 4.42. The first-order chi connectivity index (χ1) is 16.4. The molecule has 2 atom stereocenters. The van der Waals surface area contributed by atoms with Gasteiger partial charge in [0.05, 0.1) is 13.2 Å². The quantitative estimate of drug-likeness (QED) is 0.521. The van der Waals surface area contributed by atoms with E-state index < -0.39 is 17.6 Å². The third-order valence-corrected chi connectivity index (χ3v) is 6.49. The van der Waals surface area contributed by atoms with E-state index in [1.54, 1.807) is 18.2 Å². The lowest BCUT2D eigenvalue weighted by atomic mass is 9.84. The summed E-state index contributed by atoms with van der Waals surface area (Å²) in [4.78, 5) is 30.6. The number of amides is 2. The van der Waals surface area contributed by atoms with E-state index in [-0.39, 0.29) is 12.5 Å². The first-order valence-electron chi connectivity index (χ1n) is 11.4. The maximum Gasteiger partial charge on any atom is 0.411 e. The predicted octanol–water partition coefficient (Wildman–Crippen LogP) is 4.82. The molecule has 0 unspecified atom stereocenters. The molecule has 0 bridgehead atoms. The zero-order valence-electron chi connectivity index (χ0n) is 19.4. The number of methoxy groups -OCH3 is 1. The Kier molecular flexibility index (Phi) is 6.82. The largest absolute Gasteiger partial charge is 0.481 e. The summed E-state index contributed by atoms with van der Waals surface area (Å²) in [5.74, 6) is 0.161. The monoisotopic (exact) mass is 459 g/mol. The minimum Gasteiger partial charge on any atom is -0.481 e. The fourth-order valence-electron chi connectivity index (χ4n) is 4.42. The molecule has 1 fully saturated rings. The van der Waals surface area contributed by atoms with Gasteiger partial charge in [-0.15, -0.1) is 0 Å². The zero-order valence-corrected chi connectivity index (χ0v) is 19.4. The van der Waals surface area contributed by atoms with Crippen LogP contribution in [0.15, 0.2) is 72.9 Å². The van der Waals surface area contributed by atoms with Crippen LogP contribution in [-0.4, -0.2) is 35.5 Å². The third kappa shape index (κ3) is 4.88. The van der Waals surface area contributed by atoms with Gasteiger partial charge in [-0.05, 0) is 29.7 Å². The van der Waals surface area contributed by atoms with Crippen LogP contribution in [0, 0.1) is 0 Å². The number of rotatable bonds is 8. The van der Waals surface area contributed by atoms with Gasteiger partial charge in [0.2, 0.25) is 11.8 Å². The van der Waals surface area contributed by atoms with Crippen molar-refractivity contribution in [2.45, 2.75) is 37.8 Å². The predicted molar refractivity (Wildman–Crippen MR) is 129 cm³/mol. The van der Waals surface area contributed by atoms with Crippen molar-refractivity contribution in [2.75, 3.05) is 13.7 Å². The lowest BCUT2D eigenvalue weighted by Gasteiger charge is -2.43. The number of hydrogen-bond acceptors (Lipinski definition) is 5. The van der Waals surface area contributed by atoms with Crippen LogP contribution in [0.2, 0.25) is 0 Å². The third-order valence-electron chi connectivity index (χ3n) is 6.49. The summed E-state index contributed by atoms with van der Waals surface area (Å²) in [6.45, 7) is 2.50. The molecule has 34 heavy (non-hydrogen) atoms. The average molecular weight is 460 g/mol. The molecule has 0 radical (unpaired) electrons. The summed E-state index contributed by atoms with van der Waals surface area (Å²) in [6.07, 6.45) is 2.48. The number of nitrogens with two attached hydrogens (primary N) is 1. The number of cyclic esters (lactones) is 1. The smallest absolute Gasteiger partial charge is 0.411 e. The molecule has 1 aromatic heterocycles. The van der Waals surface area contributed by atoms with Crippen molar-refractivity contribution in [1.82, 2.24) is 9.88 Å². The second kappa shape index (κ2) is 9.95. The second-order valence-corrected chi connectivity index (χ2v) is 8.53. The van der Waals surface area contributed by atoms with Gasteiger partial charge in [-0.2, -0.15) is 0 Å². The van der Waals surface area contributed by atoms with Gasteiger partial charge in [-0.3, -0.25) is 4.79 Å². The molecule has 7 nitrogen and oxygen atoms in total. The van der Waals surface area contributed by atoms with Crippen molar-refractivity contribution < 1.29 is 19.1 Å². The lowest BCUT2D eigenvalue weighted by Crippen LogP contribution is -2.49. The lowest BCUT2D eigenvalue weighted by molar-refractivity contribution is -0.121. The molecule has 3 aromatic rings. The maximum atomic E-state index is 13.2. The molecule has 0 saturated carbocycles. The van der Waals surface area contributed by atoms with E-state index in [9.17, 15) is 9.59 Å². The maximum absolute atomic E-state index is 13.2. The highest BCUT2D eigenvalue weighted by Gasteiger charge is 2.43. The number of aromatic nitrogens is 1. The molecule has 2 heterocycles. The molecule has 4 rings (SSSR count). The number of hydrogen-bond donors (Lipinski definition) is 1. The number of benzene rings is 2. The van der Waals surface area contributed by atoms with Gasteiger partial charge in [-0.25, -0.2) is 9.78 Å². The Hall–Kier alpha value is -3.87. The number of carbonyl (C=O) groups is 2. The average Bonchev–Trinajstić information content (AvgIpc) is 2.88. The highest BCUT2D eigenvalue weighted by Crippen LogP contribution is 2.40. The number of nitrogens with zero attached hydrogens (tertiary/aromatic N) is 2. The highest BCUT2D eigenvalue weighted by atomic mass is 16.6. The van der Waals surface area contributed by atoms with E-state index in [1.165, 1.54) is 0 Å². The van der Waals surface area contributed by atoms with Gasteiger partial charge in [0.1, 0.15) is 5.60 Å². The van der Waals surface area contributed by atoms with Crippen LogP contribution in [0.3, 0.4) is 0 Å². The summed E-state index contributed by atoms with van der Waals surface area (Å²) >= 11 is 0. The zero-order chi connectivity index (χ0) is 24.1. The van der Waals surface area contributed by atoms with Crippen LogP contribution < -0.4 is 10.5 Å². The van der Waals surface area contributed by atoms with Gasteiger partial charge in [0.25, 0.3) is 0 Å². The summed E-state index contributed by atoms with van der Waals surface area (Å²) in [7, 11) is 1.59. The molecule has 2 N–H and O–H groups in total. The van der Waals surface area contributed by atoms with Gasteiger partial charge in [0, 0.05) is 43.6 Å². The Bertz CT molecular complexity index is 1130. The summed E-state index contributed by atoms with van der Waals surface area (Å²) in [6, 6.07) is 21.3. The Morgan fingerprint density at radius 2 is 1.82 bits per heavy atom. The van der Waals surface area contributed by atoms with Crippen LogP contribution in [0.5, 0.6) is 5.88 Å². The molecular formula is C27H29N3O4. The van der Waals surface area contributed by atoms with Crippen molar-refractivity contribution in [3.8, 4) is 17.0 Å². The van der Waals surface area contributed by atoms with Crippen LogP contribution in [-0.2, 0) is 15.1 Å². The summed E-state index contributed by atoms with van der Waals surface area (Å²) in [5, 5.41) is 0. The van der Waals surface area contributed by atoms with E-state index in [4.69, 9.17) is 15.2 Å². The van der Waals surface area contributed by atoms with Crippen molar-refractivity contribution in [2.24, 2.45) is 5.73 Å². The van der Waals surface area contributed by atoms with Crippen LogP contribution in [0.4, 0.5) is 4.79 Å². The summed E-state index contributed by atoms with van der Waals surface area (Å²) in [5.41, 5.74) is 8.45.